The summed E-state index contributed by atoms with van der Waals surface area (Å²) >= 11 is 0. The van der Waals surface area contributed by atoms with Gasteiger partial charge < -0.3 is 0 Å². The van der Waals surface area contributed by atoms with Gasteiger partial charge in [0.05, 0.1) is 0 Å². The van der Waals surface area contributed by atoms with Crippen molar-refractivity contribution in [3.05, 3.63) is 48.0 Å². The Morgan fingerprint density at radius 1 is 1.25 bits per heavy atom. The summed E-state index contributed by atoms with van der Waals surface area (Å²) in [5, 5.41) is 4.13. The van der Waals surface area contributed by atoms with Crippen LogP contribution < -0.4 is 0 Å². The van der Waals surface area contributed by atoms with E-state index in [1.54, 1.807) is 41.5 Å². The first-order valence-electron chi connectivity index (χ1n) is 5.29. The summed E-state index contributed by atoms with van der Waals surface area (Å²) in [5.41, 5.74) is 1.28. The highest BCUT2D eigenvalue weighted by Crippen LogP contribution is 2.08. The number of carbonyl (C=O) groups is 1. The van der Waals surface area contributed by atoms with Crippen LogP contribution in [0.4, 0.5) is 0 Å². The van der Waals surface area contributed by atoms with Gasteiger partial charge in [-0.15, -0.1) is 0 Å². The van der Waals surface area contributed by atoms with Crippen molar-refractivity contribution in [2.45, 2.75) is 19.9 Å². The largest absolute Gasteiger partial charge is 0.287 e. The van der Waals surface area contributed by atoms with Gasteiger partial charge in [0.15, 0.2) is 0 Å². The molecule has 0 fully saturated rings. The second-order valence-electron chi connectivity index (χ2n) is 3.50. The molecule has 0 amide bonds. The first-order valence-corrected chi connectivity index (χ1v) is 5.29. The molecule has 0 aliphatic carbocycles. The van der Waals surface area contributed by atoms with Crippen LogP contribution in [-0.2, 0) is 6.54 Å². The molecule has 0 N–H and O–H groups in total. The van der Waals surface area contributed by atoms with Gasteiger partial charge in [0.1, 0.15) is 5.69 Å². The van der Waals surface area contributed by atoms with Crippen molar-refractivity contribution in [3.63, 3.8) is 0 Å². The molecule has 2 aromatic heterocycles. The van der Waals surface area contributed by atoms with Crippen LogP contribution in [0.2, 0.25) is 0 Å². The topological polar surface area (TPSA) is 47.8 Å². The predicted molar refractivity (Wildman–Crippen MR) is 60.2 cm³/mol. The van der Waals surface area contributed by atoms with Gasteiger partial charge in [-0.3, -0.25) is 14.5 Å². The predicted octanol–water partition coefficient (Wildman–Crippen LogP) is 1.92. The third-order valence-electron chi connectivity index (χ3n) is 2.33. The molecule has 0 radical (unpaired) electrons. The number of pyridine rings is 1. The molecule has 16 heavy (non-hydrogen) atoms. The SMILES string of the molecule is CCCn1nccc1C(=O)c1ccncc1. The molecule has 4 heteroatoms. The van der Waals surface area contributed by atoms with Gasteiger partial charge in [0.25, 0.3) is 0 Å². The zero-order valence-electron chi connectivity index (χ0n) is 9.13. The highest BCUT2D eigenvalue weighted by molar-refractivity contribution is 6.07. The van der Waals surface area contributed by atoms with Crippen LogP contribution in [0, 0.1) is 0 Å². The lowest BCUT2D eigenvalue weighted by molar-refractivity contribution is 0.102. The van der Waals surface area contributed by atoms with Gasteiger partial charge >= 0.3 is 0 Å². The average molecular weight is 215 g/mol. The summed E-state index contributed by atoms with van der Waals surface area (Å²) in [4.78, 5) is 16.0. The Balaban J connectivity index is 2.31. The zero-order valence-corrected chi connectivity index (χ0v) is 9.13. The minimum absolute atomic E-state index is 0.00616. The van der Waals surface area contributed by atoms with Gasteiger partial charge in [-0.2, -0.15) is 5.10 Å². The van der Waals surface area contributed by atoms with Gasteiger partial charge in [-0.25, -0.2) is 0 Å². The minimum atomic E-state index is -0.00616. The number of aryl methyl sites for hydroxylation is 1. The van der Waals surface area contributed by atoms with Crippen molar-refractivity contribution in [1.82, 2.24) is 14.8 Å². The molecule has 2 aromatic rings. The first kappa shape index (κ1) is 10.5. The average Bonchev–Trinajstić information content (AvgIpc) is 2.78. The molecular formula is C12H13N3O. The summed E-state index contributed by atoms with van der Waals surface area (Å²) in [6, 6.07) is 5.18. The number of rotatable bonds is 4. The molecule has 0 saturated carbocycles. The Bertz CT molecular complexity index is 476. The Hall–Kier alpha value is -1.97. The second-order valence-corrected chi connectivity index (χ2v) is 3.50. The number of carbonyl (C=O) groups excluding carboxylic acids is 1. The Labute approximate surface area is 93.9 Å². The van der Waals surface area contributed by atoms with Gasteiger partial charge in [-0.05, 0) is 24.6 Å². The monoisotopic (exact) mass is 215 g/mol. The van der Waals surface area contributed by atoms with Crippen molar-refractivity contribution >= 4 is 5.78 Å². The molecule has 2 rings (SSSR count). The van der Waals surface area contributed by atoms with Crippen LogP contribution in [0.5, 0.6) is 0 Å². The van der Waals surface area contributed by atoms with Crippen molar-refractivity contribution in [2.75, 3.05) is 0 Å². The molecule has 0 aromatic carbocycles. The van der Waals surface area contributed by atoms with Crippen LogP contribution >= 0.6 is 0 Å². The van der Waals surface area contributed by atoms with E-state index in [1.807, 2.05) is 0 Å². The fourth-order valence-corrected chi connectivity index (χ4v) is 1.57. The van der Waals surface area contributed by atoms with E-state index < -0.39 is 0 Å². The molecule has 0 aliphatic rings. The van der Waals surface area contributed by atoms with Gasteiger partial charge in [0.2, 0.25) is 5.78 Å². The van der Waals surface area contributed by atoms with Crippen molar-refractivity contribution in [3.8, 4) is 0 Å². The van der Waals surface area contributed by atoms with Gasteiger partial charge in [0, 0.05) is 30.7 Å². The summed E-state index contributed by atoms with van der Waals surface area (Å²) in [7, 11) is 0. The molecule has 0 atom stereocenters. The van der Waals surface area contributed by atoms with Crippen molar-refractivity contribution in [2.24, 2.45) is 0 Å². The Kier molecular flexibility index (Phi) is 3.10. The van der Waals surface area contributed by atoms with E-state index in [0.29, 0.717) is 11.3 Å². The first-order chi connectivity index (χ1) is 7.83. The summed E-state index contributed by atoms with van der Waals surface area (Å²) in [6.45, 7) is 2.82. The Morgan fingerprint density at radius 2 is 2.00 bits per heavy atom. The lowest BCUT2D eigenvalue weighted by Crippen LogP contribution is -2.11. The van der Waals surface area contributed by atoms with Gasteiger partial charge in [-0.1, -0.05) is 6.92 Å². The van der Waals surface area contributed by atoms with E-state index in [4.69, 9.17) is 0 Å². The molecule has 0 bridgehead atoms. The molecule has 0 saturated heterocycles. The molecule has 0 aliphatic heterocycles. The highest BCUT2D eigenvalue weighted by Gasteiger charge is 2.13. The van der Waals surface area contributed by atoms with E-state index in [9.17, 15) is 4.79 Å². The van der Waals surface area contributed by atoms with Crippen LogP contribution in [0.3, 0.4) is 0 Å². The molecular weight excluding hydrogens is 202 g/mol. The summed E-state index contributed by atoms with van der Waals surface area (Å²) in [5.74, 6) is -0.00616. The second kappa shape index (κ2) is 4.70. The van der Waals surface area contributed by atoms with Crippen LogP contribution in [0.1, 0.15) is 29.4 Å². The van der Waals surface area contributed by atoms with E-state index >= 15 is 0 Å². The lowest BCUT2D eigenvalue weighted by atomic mass is 10.1. The normalized spacial score (nSPS) is 10.3. The Morgan fingerprint density at radius 3 is 2.69 bits per heavy atom. The van der Waals surface area contributed by atoms with Crippen LogP contribution in [0.15, 0.2) is 36.8 Å². The maximum Gasteiger partial charge on any atom is 0.211 e. The maximum absolute atomic E-state index is 12.1. The van der Waals surface area contributed by atoms with Crippen LogP contribution in [-0.4, -0.2) is 20.5 Å². The standard InChI is InChI=1S/C12H13N3O/c1-2-9-15-11(5-8-14-15)12(16)10-3-6-13-7-4-10/h3-8H,2,9H2,1H3. The lowest BCUT2D eigenvalue weighted by Gasteiger charge is -2.04. The molecule has 82 valence electrons. The fourth-order valence-electron chi connectivity index (χ4n) is 1.57. The van der Waals surface area contributed by atoms with E-state index in [0.717, 1.165) is 13.0 Å². The molecule has 4 nitrogen and oxygen atoms in total. The fraction of sp³-hybridized carbons (Fsp3) is 0.250. The molecule has 2 heterocycles. The third kappa shape index (κ3) is 2.00. The van der Waals surface area contributed by atoms with E-state index in [1.165, 1.54) is 0 Å². The number of ketones is 1. The number of hydrogen-bond donors (Lipinski definition) is 0. The van der Waals surface area contributed by atoms with E-state index in [2.05, 4.69) is 17.0 Å². The van der Waals surface area contributed by atoms with Crippen molar-refractivity contribution < 1.29 is 4.79 Å². The number of aromatic nitrogens is 3. The van der Waals surface area contributed by atoms with Crippen molar-refractivity contribution in [1.29, 1.82) is 0 Å². The molecule has 0 spiro atoms. The van der Waals surface area contributed by atoms with E-state index in [-0.39, 0.29) is 5.78 Å². The summed E-state index contributed by atoms with van der Waals surface area (Å²) in [6.07, 6.45) is 5.85. The number of hydrogen-bond acceptors (Lipinski definition) is 3. The third-order valence-corrected chi connectivity index (χ3v) is 2.33. The molecule has 0 unspecified atom stereocenters. The zero-order chi connectivity index (χ0) is 11.4. The quantitative estimate of drug-likeness (QED) is 0.732. The van der Waals surface area contributed by atoms with Crippen LogP contribution in [0.25, 0.3) is 0 Å². The summed E-state index contributed by atoms with van der Waals surface area (Å²) < 4.78 is 1.74. The highest BCUT2D eigenvalue weighted by atomic mass is 16.1. The maximum atomic E-state index is 12.1. The number of nitrogens with zero attached hydrogens (tertiary/aromatic N) is 3. The minimum Gasteiger partial charge on any atom is -0.287 e. The smallest absolute Gasteiger partial charge is 0.211 e.